The van der Waals surface area contributed by atoms with Crippen LogP contribution in [0.3, 0.4) is 0 Å². The first-order chi connectivity index (χ1) is 8.18. The van der Waals surface area contributed by atoms with Gasteiger partial charge in [-0.25, -0.2) is 0 Å². The molecule has 0 spiro atoms. The first-order valence-electron chi connectivity index (χ1n) is 5.90. The molecule has 0 heterocycles. The predicted molar refractivity (Wildman–Crippen MR) is 68.6 cm³/mol. The minimum atomic E-state index is 0.192. The highest BCUT2D eigenvalue weighted by Gasteiger charge is 2.25. The zero-order valence-corrected chi connectivity index (χ0v) is 10.1. The quantitative estimate of drug-likeness (QED) is 0.569. The molecule has 1 heteroatoms. The van der Waals surface area contributed by atoms with E-state index >= 15 is 0 Å². The van der Waals surface area contributed by atoms with Gasteiger partial charge >= 0.3 is 0 Å². The van der Waals surface area contributed by atoms with E-state index in [4.69, 9.17) is 0 Å². The lowest BCUT2D eigenvalue weighted by Gasteiger charge is -2.21. The summed E-state index contributed by atoms with van der Waals surface area (Å²) < 4.78 is 0. The van der Waals surface area contributed by atoms with E-state index in [9.17, 15) is 4.79 Å². The summed E-state index contributed by atoms with van der Waals surface area (Å²) in [7, 11) is 0. The monoisotopic (exact) mass is 222 g/mol. The molecule has 1 aliphatic rings. The molecule has 1 nitrogen and oxygen atoms in total. The van der Waals surface area contributed by atoms with Crippen molar-refractivity contribution >= 4 is 5.78 Å². The number of ketones is 1. The van der Waals surface area contributed by atoms with Gasteiger partial charge in [-0.05, 0) is 42.5 Å². The summed E-state index contributed by atoms with van der Waals surface area (Å²) in [6, 6.07) is 12.2. The minimum absolute atomic E-state index is 0.192. The van der Waals surface area contributed by atoms with Crippen LogP contribution in [-0.4, -0.2) is 5.78 Å². The molecule has 0 atom stereocenters. The van der Waals surface area contributed by atoms with Gasteiger partial charge in [-0.2, -0.15) is 0 Å². The SMILES string of the molecule is Cc1cccc2c1C(=O)c1c(C)cccc1C2. The van der Waals surface area contributed by atoms with Crippen LogP contribution >= 0.6 is 0 Å². The van der Waals surface area contributed by atoms with Crippen LogP contribution in [0.25, 0.3) is 0 Å². The summed E-state index contributed by atoms with van der Waals surface area (Å²) in [6.45, 7) is 4.03. The molecular weight excluding hydrogens is 208 g/mol. The molecule has 0 unspecified atom stereocenters. The second-order valence-electron chi connectivity index (χ2n) is 4.72. The van der Waals surface area contributed by atoms with Gasteiger partial charge in [-0.1, -0.05) is 36.4 Å². The van der Waals surface area contributed by atoms with Crippen molar-refractivity contribution in [2.75, 3.05) is 0 Å². The molecule has 0 saturated carbocycles. The molecular formula is C16H14O. The Kier molecular flexibility index (Phi) is 2.15. The summed E-state index contributed by atoms with van der Waals surface area (Å²) in [4.78, 5) is 12.5. The third-order valence-electron chi connectivity index (χ3n) is 3.55. The first kappa shape index (κ1) is 10.3. The summed E-state index contributed by atoms with van der Waals surface area (Å²) >= 11 is 0. The maximum absolute atomic E-state index is 12.5. The number of rotatable bonds is 0. The molecule has 84 valence electrons. The van der Waals surface area contributed by atoms with Gasteiger partial charge in [0, 0.05) is 11.1 Å². The Balaban J connectivity index is 2.30. The van der Waals surface area contributed by atoms with Crippen LogP contribution < -0.4 is 0 Å². The van der Waals surface area contributed by atoms with Crippen LogP contribution in [0.5, 0.6) is 0 Å². The van der Waals surface area contributed by atoms with Crippen molar-refractivity contribution in [3.05, 3.63) is 69.8 Å². The van der Waals surface area contributed by atoms with Crippen molar-refractivity contribution in [3.8, 4) is 0 Å². The van der Waals surface area contributed by atoms with Crippen molar-refractivity contribution in [2.24, 2.45) is 0 Å². The summed E-state index contributed by atoms with van der Waals surface area (Å²) in [5.74, 6) is 0.192. The van der Waals surface area contributed by atoms with E-state index in [0.29, 0.717) is 0 Å². The van der Waals surface area contributed by atoms with Crippen LogP contribution in [0.4, 0.5) is 0 Å². The van der Waals surface area contributed by atoms with E-state index in [-0.39, 0.29) is 5.78 Å². The fourth-order valence-corrected chi connectivity index (χ4v) is 2.73. The van der Waals surface area contributed by atoms with Gasteiger partial charge in [0.1, 0.15) is 0 Å². The molecule has 0 radical (unpaired) electrons. The topological polar surface area (TPSA) is 17.1 Å². The van der Waals surface area contributed by atoms with Crippen LogP contribution in [0.1, 0.15) is 38.2 Å². The Morgan fingerprint density at radius 2 is 1.29 bits per heavy atom. The number of aryl methyl sites for hydroxylation is 2. The number of carbonyl (C=O) groups excluding carboxylic acids is 1. The molecule has 0 aliphatic heterocycles. The number of fused-ring (bicyclic) bond motifs is 2. The Hall–Kier alpha value is -1.89. The maximum Gasteiger partial charge on any atom is 0.194 e. The molecule has 0 fully saturated rings. The van der Waals surface area contributed by atoms with E-state index in [2.05, 4.69) is 12.1 Å². The highest BCUT2D eigenvalue weighted by Crippen LogP contribution is 2.30. The molecule has 3 rings (SSSR count). The first-order valence-corrected chi connectivity index (χ1v) is 5.90. The molecule has 2 aromatic rings. The lowest BCUT2D eigenvalue weighted by atomic mass is 9.81. The van der Waals surface area contributed by atoms with Gasteiger partial charge in [0.2, 0.25) is 0 Å². The molecule has 0 N–H and O–H groups in total. The van der Waals surface area contributed by atoms with E-state index in [1.807, 2.05) is 38.1 Å². The zero-order chi connectivity index (χ0) is 12.0. The van der Waals surface area contributed by atoms with E-state index in [1.54, 1.807) is 0 Å². The third kappa shape index (κ3) is 1.42. The number of benzene rings is 2. The fourth-order valence-electron chi connectivity index (χ4n) is 2.73. The van der Waals surface area contributed by atoms with Gasteiger partial charge < -0.3 is 0 Å². The van der Waals surface area contributed by atoms with E-state index in [0.717, 1.165) is 39.8 Å². The smallest absolute Gasteiger partial charge is 0.194 e. The Morgan fingerprint density at radius 1 is 0.824 bits per heavy atom. The van der Waals surface area contributed by atoms with Gasteiger partial charge in [-0.3, -0.25) is 4.79 Å². The average Bonchev–Trinajstić information content (AvgIpc) is 2.28. The molecule has 0 bridgehead atoms. The van der Waals surface area contributed by atoms with E-state index < -0.39 is 0 Å². The Morgan fingerprint density at radius 3 is 1.76 bits per heavy atom. The predicted octanol–water partition coefficient (Wildman–Crippen LogP) is 3.44. The molecule has 0 aromatic heterocycles. The van der Waals surface area contributed by atoms with Crippen molar-refractivity contribution in [2.45, 2.75) is 20.3 Å². The average molecular weight is 222 g/mol. The number of hydrogen-bond acceptors (Lipinski definition) is 1. The normalized spacial score (nSPS) is 13.2. The lowest BCUT2D eigenvalue weighted by molar-refractivity contribution is 0.103. The molecule has 17 heavy (non-hydrogen) atoms. The molecule has 0 saturated heterocycles. The van der Waals surface area contributed by atoms with Gasteiger partial charge in [0.05, 0.1) is 0 Å². The number of hydrogen-bond donors (Lipinski definition) is 0. The van der Waals surface area contributed by atoms with E-state index in [1.165, 1.54) is 0 Å². The fraction of sp³-hybridized carbons (Fsp3) is 0.188. The summed E-state index contributed by atoms with van der Waals surface area (Å²) in [5.41, 5.74) is 6.31. The maximum atomic E-state index is 12.5. The van der Waals surface area contributed by atoms with Crippen LogP contribution in [0.2, 0.25) is 0 Å². The lowest BCUT2D eigenvalue weighted by Crippen LogP contribution is -2.17. The summed E-state index contributed by atoms with van der Waals surface area (Å²) in [5, 5.41) is 0. The minimum Gasteiger partial charge on any atom is -0.289 e. The Labute approximate surface area is 101 Å². The Bertz CT molecular complexity index is 570. The molecule has 2 aromatic carbocycles. The van der Waals surface area contributed by atoms with Crippen LogP contribution in [-0.2, 0) is 6.42 Å². The van der Waals surface area contributed by atoms with Crippen molar-refractivity contribution in [1.29, 1.82) is 0 Å². The van der Waals surface area contributed by atoms with Gasteiger partial charge in [0.15, 0.2) is 5.78 Å². The second kappa shape index (κ2) is 3.56. The van der Waals surface area contributed by atoms with Gasteiger partial charge in [-0.15, -0.1) is 0 Å². The number of carbonyl (C=O) groups is 1. The summed E-state index contributed by atoms with van der Waals surface area (Å²) in [6.07, 6.45) is 0.875. The largest absolute Gasteiger partial charge is 0.289 e. The molecule has 1 aliphatic carbocycles. The second-order valence-corrected chi connectivity index (χ2v) is 4.72. The van der Waals surface area contributed by atoms with Crippen molar-refractivity contribution in [3.63, 3.8) is 0 Å². The van der Waals surface area contributed by atoms with Crippen LogP contribution in [0.15, 0.2) is 36.4 Å². The third-order valence-corrected chi connectivity index (χ3v) is 3.55. The zero-order valence-electron chi connectivity index (χ0n) is 10.1. The van der Waals surface area contributed by atoms with Crippen LogP contribution in [0, 0.1) is 13.8 Å². The van der Waals surface area contributed by atoms with Gasteiger partial charge in [0.25, 0.3) is 0 Å². The standard InChI is InChI=1S/C16H14O/c1-10-5-3-7-12-9-13-8-4-6-11(2)15(13)16(17)14(10)12/h3-8H,9H2,1-2H3. The van der Waals surface area contributed by atoms with Crippen molar-refractivity contribution < 1.29 is 4.79 Å². The van der Waals surface area contributed by atoms with Crippen molar-refractivity contribution in [1.82, 2.24) is 0 Å². The highest BCUT2D eigenvalue weighted by atomic mass is 16.1. The highest BCUT2D eigenvalue weighted by molar-refractivity contribution is 6.14. The molecule has 0 amide bonds.